The molecule has 3 aromatic carbocycles. The molecular formula is C26H24BrN3O3. The van der Waals surface area contributed by atoms with Crippen LogP contribution in [0.3, 0.4) is 0 Å². The van der Waals surface area contributed by atoms with Crippen LogP contribution < -0.4 is 5.32 Å². The van der Waals surface area contributed by atoms with Crippen LogP contribution in [0.15, 0.2) is 71.2 Å². The van der Waals surface area contributed by atoms with Crippen LogP contribution in [0, 0.1) is 6.92 Å². The minimum atomic E-state index is -0.482. The first-order chi connectivity index (χ1) is 15.9. The average Bonchev–Trinajstić information content (AvgIpc) is 3.13. The van der Waals surface area contributed by atoms with E-state index in [2.05, 4.69) is 44.5 Å². The molecule has 0 aliphatic rings. The number of benzene rings is 3. The van der Waals surface area contributed by atoms with Gasteiger partial charge in [-0.05, 0) is 77.3 Å². The van der Waals surface area contributed by atoms with Crippen LogP contribution in [0.4, 0.5) is 0 Å². The van der Waals surface area contributed by atoms with Crippen LogP contribution >= 0.6 is 15.9 Å². The molecule has 1 heterocycles. The Hall–Kier alpha value is -3.45. The minimum Gasteiger partial charge on any atom is -0.461 e. The Labute approximate surface area is 200 Å². The van der Waals surface area contributed by atoms with Crippen molar-refractivity contribution in [3.05, 3.63) is 93.7 Å². The topological polar surface area (TPSA) is 73.2 Å². The van der Waals surface area contributed by atoms with Crippen molar-refractivity contribution in [2.75, 3.05) is 6.61 Å². The number of ether oxygens (including phenoxy) is 1. The lowest BCUT2D eigenvalue weighted by Crippen LogP contribution is -2.26. The Morgan fingerprint density at radius 3 is 2.48 bits per heavy atom. The van der Waals surface area contributed by atoms with Crippen LogP contribution in [-0.2, 0) is 4.74 Å². The number of fused-ring (bicyclic) bond motifs is 1. The van der Waals surface area contributed by atoms with Gasteiger partial charge in [0.25, 0.3) is 5.91 Å². The first-order valence-corrected chi connectivity index (χ1v) is 11.5. The van der Waals surface area contributed by atoms with Gasteiger partial charge in [-0.3, -0.25) is 4.79 Å². The fraction of sp³-hybridized carbons (Fsp3) is 0.192. The van der Waals surface area contributed by atoms with Crippen molar-refractivity contribution >= 4 is 38.6 Å². The number of aromatic nitrogens is 2. The second kappa shape index (κ2) is 9.58. The van der Waals surface area contributed by atoms with E-state index in [9.17, 15) is 9.59 Å². The SMILES string of the molecule is CCOC(=O)c1nn(-c2ccc(C(=O)N[C@@H](C)c3cccc4ccccc34)cc2)c(C)c1Br. The molecule has 4 rings (SSSR count). The van der Waals surface area contributed by atoms with Gasteiger partial charge < -0.3 is 10.1 Å². The molecule has 1 amide bonds. The number of hydrogen-bond acceptors (Lipinski definition) is 4. The van der Waals surface area contributed by atoms with E-state index >= 15 is 0 Å². The lowest BCUT2D eigenvalue weighted by Gasteiger charge is -2.17. The smallest absolute Gasteiger partial charge is 0.360 e. The molecule has 0 saturated carbocycles. The van der Waals surface area contributed by atoms with Gasteiger partial charge in [0, 0.05) is 5.56 Å². The summed E-state index contributed by atoms with van der Waals surface area (Å²) in [4.78, 5) is 25.0. The third kappa shape index (κ3) is 4.54. The van der Waals surface area contributed by atoms with Gasteiger partial charge in [0.2, 0.25) is 0 Å². The number of halogens is 1. The van der Waals surface area contributed by atoms with E-state index in [-0.39, 0.29) is 24.2 Å². The molecule has 33 heavy (non-hydrogen) atoms. The van der Waals surface area contributed by atoms with Crippen molar-refractivity contribution < 1.29 is 14.3 Å². The highest BCUT2D eigenvalue weighted by atomic mass is 79.9. The number of esters is 1. The number of nitrogens with one attached hydrogen (secondary N) is 1. The third-order valence-corrected chi connectivity index (χ3v) is 6.47. The first kappa shape index (κ1) is 22.7. The lowest BCUT2D eigenvalue weighted by atomic mass is 9.99. The predicted octanol–water partition coefficient (Wildman–Crippen LogP) is 5.76. The molecule has 0 aliphatic carbocycles. The van der Waals surface area contributed by atoms with Gasteiger partial charge in [-0.15, -0.1) is 0 Å². The number of amides is 1. The molecule has 0 bridgehead atoms. The van der Waals surface area contributed by atoms with E-state index < -0.39 is 5.97 Å². The van der Waals surface area contributed by atoms with Crippen LogP contribution in [0.5, 0.6) is 0 Å². The molecule has 0 radical (unpaired) electrons. The van der Waals surface area contributed by atoms with Crippen molar-refractivity contribution in [2.24, 2.45) is 0 Å². The maximum absolute atomic E-state index is 12.9. The number of carbonyl (C=O) groups is 2. The van der Waals surface area contributed by atoms with E-state index in [4.69, 9.17) is 4.74 Å². The van der Waals surface area contributed by atoms with Gasteiger partial charge in [0.05, 0.1) is 28.5 Å². The zero-order valence-corrected chi connectivity index (χ0v) is 20.2. The standard InChI is InChI=1S/C26H24BrN3O3/c1-4-33-26(32)24-23(27)17(3)30(29-24)20-14-12-19(13-15-20)25(31)28-16(2)21-11-7-9-18-8-5-6-10-22(18)21/h5-16H,4H2,1-3H3,(H,28,31)/t16-/m0/s1. The zero-order valence-electron chi connectivity index (χ0n) is 18.6. The fourth-order valence-corrected chi connectivity index (χ4v) is 4.21. The van der Waals surface area contributed by atoms with E-state index in [1.165, 1.54) is 0 Å². The molecule has 1 atom stereocenters. The van der Waals surface area contributed by atoms with Crippen LogP contribution in [0.2, 0.25) is 0 Å². The van der Waals surface area contributed by atoms with Crippen molar-refractivity contribution in [1.29, 1.82) is 0 Å². The summed E-state index contributed by atoms with van der Waals surface area (Å²) in [5.41, 5.74) is 3.34. The van der Waals surface area contributed by atoms with Crippen molar-refractivity contribution in [1.82, 2.24) is 15.1 Å². The Morgan fingerprint density at radius 2 is 1.76 bits per heavy atom. The number of nitrogens with zero attached hydrogens (tertiary/aromatic N) is 2. The Balaban J connectivity index is 1.53. The molecule has 0 fully saturated rings. The molecule has 6 nitrogen and oxygen atoms in total. The van der Waals surface area contributed by atoms with Gasteiger partial charge >= 0.3 is 5.97 Å². The van der Waals surface area contributed by atoms with Crippen LogP contribution in [0.25, 0.3) is 16.5 Å². The molecule has 4 aromatic rings. The number of hydrogen-bond donors (Lipinski definition) is 1. The quantitative estimate of drug-likeness (QED) is 0.338. The summed E-state index contributed by atoms with van der Waals surface area (Å²) in [5.74, 6) is -0.641. The van der Waals surface area contributed by atoms with Crippen molar-refractivity contribution in [3.8, 4) is 5.69 Å². The molecule has 168 valence electrons. The molecule has 7 heteroatoms. The Kier molecular flexibility index (Phi) is 6.60. The Morgan fingerprint density at radius 1 is 1.06 bits per heavy atom. The number of carbonyl (C=O) groups excluding carboxylic acids is 2. The summed E-state index contributed by atoms with van der Waals surface area (Å²) in [6.07, 6.45) is 0. The molecule has 1 N–H and O–H groups in total. The maximum Gasteiger partial charge on any atom is 0.360 e. The normalized spacial score (nSPS) is 11.9. The summed E-state index contributed by atoms with van der Waals surface area (Å²) in [6, 6.07) is 21.2. The maximum atomic E-state index is 12.9. The summed E-state index contributed by atoms with van der Waals surface area (Å²) in [7, 11) is 0. The number of rotatable bonds is 6. The predicted molar refractivity (Wildman–Crippen MR) is 132 cm³/mol. The van der Waals surface area contributed by atoms with Gasteiger partial charge in [-0.1, -0.05) is 42.5 Å². The molecule has 1 aromatic heterocycles. The van der Waals surface area contributed by atoms with Gasteiger partial charge in [0.1, 0.15) is 0 Å². The second-order valence-electron chi connectivity index (χ2n) is 7.69. The average molecular weight is 506 g/mol. The van der Waals surface area contributed by atoms with Gasteiger partial charge in [-0.25, -0.2) is 9.48 Å². The monoisotopic (exact) mass is 505 g/mol. The highest BCUT2D eigenvalue weighted by Gasteiger charge is 2.21. The highest BCUT2D eigenvalue weighted by Crippen LogP contribution is 2.26. The molecular weight excluding hydrogens is 482 g/mol. The third-order valence-electron chi connectivity index (χ3n) is 5.52. The van der Waals surface area contributed by atoms with Gasteiger partial charge in [-0.2, -0.15) is 5.10 Å². The second-order valence-corrected chi connectivity index (χ2v) is 8.48. The van der Waals surface area contributed by atoms with Crippen LogP contribution in [0.1, 0.15) is 52.0 Å². The highest BCUT2D eigenvalue weighted by molar-refractivity contribution is 9.10. The zero-order chi connectivity index (χ0) is 23.5. The summed E-state index contributed by atoms with van der Waals surface area (Å²) in [6.45, 7) is 5.86. The largest absolute Gasteiger partial charge is 0.461 e. The van der Waals surface area contributed by atoms with Crippen molar-refractivity contribution in [2.45, 2.75) is 26.8 Å². The summed E-state index contributed by atoms with van der Waals surface area (Å²) >= 11 is 3.42. The van der Waals surface area contributed by atoms with E-state index in [0.29, 0.717) is 10.0 Å². The molecule has 0 aliphatic heterocycles. The molecule has 0 unspecified atom stereocenters. The van der Waals surface area contributed by atoms with E-state index in [1.807, 2.05) is 38.1 Å². The summed E-state index contributed by atoms with van der Waals surface area (Å²) in [5, 5.41) is 9.74. The van der Waals surface area contributed by atoms with Crippen molar-refractivity contribution in [3.63, 3.8) is 0 Å². The summed E-state index contributed by atoms with van der Waals surface area (Å²) < 4.78 is 7.31. The molecule has 0 saturated heterocycles. The van der Waals surface area contributed by atoms with E-state index in [0.717, 1.165) is 27.7 Å². The lowest BCUT2D eigenvalue weighted by molar-refractivity contribution is 0.0517. The van der Waals surface area contributed by atoms with Crippen LogP contribution in [-0.4, -0.2) is 28.3 Å². The fourth-order valence-electron chi connectivity index (χ4n) is 3.80. The first-order valence-electron chi connectivity index (χ1n) is 10.7. The van der Waals surface area contributed by atoms with E-state index in [1.54, 1.807) is 35.9 Å². The molecule has 0 spiro atoms. The Bertz CT molecular complexity index is 1320. The van der Waals surface area contributed by atoms with Gasteiger partial charge in [0.15, 0.2) is 5.69 Å². The minimum absolute atomic E-state index is 0.153.